The monoisotopic (exact) mass is 436 g/mol. The fourth-order valence-electron chi connectivity index (χ4n) is 3.58. The molecule has 0 aromatic carbocycles. The van der Waals surface area contributed by atoms with Crippen LogP contribution in [0.5, 0.6) is 0 Å². The van der Waals surface area contributed by atoms with Crippen LogP contribution in [0.15, 0.2) is 30.2 Å². The van der Waals surface area contributed by atoms with Gasteiger partial charge < -0.3 is 25.2 Å². The molecule has 0 fully saturated rings. The fraction of sp³-hybridized carbons (Fsp3) is 0.619. The van der Waals surface area contributed by atoms with Crippen LogP contribution in [-0.2, 0) is 14.3 Å². The van der Waals surface area contributed by atoms with Crippen molar-refractivity contribution < 1.29 is 24.3 Å². The molecule has 0 saturated heterocycles. The van der Waals surface area contributed by atoms with E-state index in [9.17, 15) is 20.0 Å². The van der Waals surface area contributed by atoms with E-state index in [-0.39, 0.29) is 41.7 Å². The van der Waals surface area contributed by atoms with E-state index in [2.05, 4.69) is 29.5 Å². The van der Waals surface area contributed by atoms with E-state index in [4.69, 9.17) is 9.47 Å². The number of nitrogens with zero attached hydrogens (tertiary/aromatic N) is 2. The molecule has 10 nitrogen and oxygen atoms in total. The summed E-state index contributed by atoms with van der Waals surface area (Å²) >= 11 is 0. The molecule has 1 amide bonds. The Kier molecular flexibility index (Phi) is 9.67. The second-order valence-corrected chi connectivity index (χ2v) is 7.66. The quantitative estimate of drug-likeness (QED) is 0.258. The smallest absolute Gasteiger partial charge is 0.287 e. The van der Waals surface area contributed by atoms with Gasteiger partial charge in [-0.15, -0.1) is 0 Å². The molecule has 3 atom stereocenters. The van der Waals surface area contributed by atoms with E-state index in [1.807, 2.05) is 13.0 Å². The Morgan fingerprint density at radius 1 is 1.39 bits per heavy atom. The van der Waals surface area contributed by atoms with Gasteiger partial charge in [-0.25, -0.2) is 4.98 Å². The first-order valence-corrected chi connectivity index (χ1v) is 10.6. The van der Waals surface area contributed by atoms with Gasteiger partial charge in [-0.05, 0) is 43.7 Å². The number of carbonyl (C=O) groups excluding carboxylic acids is 1. The summed E-state index contributed by atoms with van der Waals surface area (Å²) < 4.78 is 11.6. The number of rotatable bonds is 12. The molecule has 10 heteroatoms. The zero-order valence-electron chi connectivity index (χ0n) is 18.2. The molecule has 0 unspecified atom stereocenters. The summed E-state index contributed by atoms with van der Waals surface area (Å²) in [6, 6.07) is 2.88. The molecule has 2 heterocycles. The molecule has 0 radical (unpaired) electrons. The lowest BCUT2D eigenvalue weighted by molar-refractivity contribution is -0.385. The average Bonchev–Trinajstić information content (AvgIpc) is 2.75. The number of anilines is 1. The van der Waals surface area contributed by atoms with Crippen molar-refractivity contribution >= 4 is 17.4 Å². The van der Waals surface area contributed by atoms with Crippen molar-refractivity contribution in [3.8, 4) is 0 Å². The number of allylic oxidation sites excluding steroid dienone is 1. The van der Waals surface area contributed by atoms with Gasteiger partial charge in [-0.1, -0.05) is 13.8 Å². The maximum Gasteiger partial charge on any atom is 0.287 e. The normalized spacial score (nSPS) is 20.7. The Morgan fingerprint density at radius 3 is 2.74 bits per heavy atom. The van der Waals surface area contributed by atoms with Gasteiger partial charge in [0.1, 0.15) is 12.0 Å². The van der Waals surface area contributed by atoms with Crippen LogP contribution in [-0.4, -0.2) is 53.5 Å². The van der Waals surface area contributed by atoms with E-state index in [1.165, 1.54) is 18.3 Å². The maximum absolute atomic E-state index is 12.6. The van der Waals surface area contributed by atoms with Crippen LogP contribution in [0.1, 0.15) is 33.6 Å². The van der Waals surface area contributed by atoms with Crippen molar-refractivity contribution in [3.05, 3.63) is 40.3 Å². The standard InChI is InChI=1S/C21H32N4O6/c1-4-30-21-16(6-5-11-26)17(14(2)3)12-18(31-21)20(27)23-10-9-22-19-8-7-15(13-24-19)25(28)29/h7-8,12-14,16-17,21,26H,4-6,9-11H2,1-3H3,(H,22,24)(H,23,27)/t16-,17+,21+/m0/s1. The van der Waals surface area contributed by atoms with Gasteiger partial charge in [0.05, 0.1) is 4.92 Å². The average molecular weight is 437 g/mol. The molecule has 0 saturated carbocycles. The second-order valence-electron chi connectivity index (χ2n) is 7.66. The van der Waals surface area contributed by atoms with Crippen LogP contribution in [0, 0.1) is 27.9 Å². The summed E-state index contributed by atoms with van der Waals surface area (Å²) in [4.78, 5) is 26.8. The third-order valence-corrected chi connectivity index (χ3v) is 5.13. The van der Waals surface area contributed by atoms with Gasteiger partial charge in [-0.3, -0.25) is 14.9 Å². The Hall–Kier alpha value is -2.72. The third kappa shape index (κ3) is 7.18. The molecule has 0 spiro atoms. The van der Waals surface area contributed by atoms with Crippen molar-refractivity contribution in [2.45, 2.75) is 39.9 Å². The van der Waals surface area contributed by atoms with Crippen LogP contribution < -0.4 is 10.6 Å². The molecule has 31 heavy (non-hydrogen) atoms. The number of nitrogens with one attached hydrogen (secondary N) is 2. The summed E-state index contributed by atoms with van der Waals surface area (Å²) in [7, 11) is 0. The molecular weight excluding hydrogens is 404 g/mol. The third-order valence-electron chi connectivity index (χ3n) is 5.13. The molecule has 1 aromatic rings. The minimum absolute atomic E-state index is 0.0681. The van der Waals surface area contributed by atoms with E-state index < -0.39 is 11.2 Å². The number of aliphatic hydroxyl groups is 1. The SMILES string of the molecule is CCO[C@@H]1OC(C(=O)NCCNc2ccc([N+](=O)[O-])cn2)=C[C@H](C(C)C)[C@@H]1CCCO. The van der Waals surface area contributed by atoms with Crippen LogP contribution in [0.2, 0.25) is 0 Å². The maximum atomic E-state index is 12.6. The van der Waals surface area contributed by atoms with E-state index in [0.717, 1.165) is 6.42 Å². The highest BCUT2D eigenvalue weighted by atomic mass is 16.7. The largest absolute Gasteiger partial charge is 0.459 e. The molecule has 1 aromatic heterocycles. The fourth-order valence-corrected chi connectivity index (χ4v) is 3.58. The number of hydrogen-bond acceptors (Lipinski definition) is 8. The van der Waals surface area contributed by atoms with Gasteiger partial charge >= 0.3 is 0 Å². The lowest BCUT2D eigenvalue weighted by Gasteiger charge is -2.38. The van der Waals surface area contributed by atoms with Gasteiger partial charge in [0.2, 0.25) is 6.29 Å². The molecule has 0 bridgehead atoms. The number of pyridine rings is 1. The van der Waals surface area contributed by atoms with Crippen LogP contribution >= 0.6 is 0 Å². The Bertz CT molecular complexity index is 753. The van der Waals surface area contributed by atoms with Crippen LogP contribution in [0.3, 0.4) is 0 Å². The Morgan fingerprint density at radius 2 is 2.16 bits per heavy atom. The van der Waals surface area contributed by atoms with Crippen molar-refractivity contribution in [2.24, 2.45) is 17.8 Å². The first-order valence-electron chi connectivity index (χ1n) is 10.6. The van der Waals surface area contributed by atoms with Crippen molar-refractivity contribution in [2.75, 3.05) is 31.6 Å². The van der Waals surface area contributed by atoms with Crippen LogP contribution in [0.4, 0.5) is 11.5 Å². The predicted molar refractivity (Wildman–Crippen MR) is 115 cm³/mol. The lowest BCUT2D eigenvalue weighted by Crippen LogP contribution is -2.41. The molecule has 3 N–H and O–H groups in total. The number of nitro groups is 1. The number of hydrogen-bond donors (Lipinski definition) is 3. The topological polar surface area (TPSA) is 136 Å². The lowest BCUT2D eigenvalue weighted by atomic mass is 9.78. The van der Waals surface area contributed by atoms with E-state index >= 15 is 0 Å². The first-order chi connectivity index (χ1) is 14.9. The summed E-state index contributed by atoms with van der Waals surface area (Å²) in [5, 5.41) is 25.7. The van der Waals surface area contributed by atoms with E-state index in [0.29, 0.717) is 31.9 Å². The number of amides is 1. The molecule has 0 aliphatic carbocycles. The van der Waals surface area contributed by atoms with Crippen LogP contribution in [0.25, 0.3) is 0 Å². The van der Waals surface area contributed by atoms with Crippen molar-refractivity contribution in [1.82, 2.24) is 10.3 Å². The van der Waals surface area contributed by atoms with Gasteiger partial charge in [-0.2, -0.15) is 0 Å². The summed E-state index contributed by atoms with van der Waals surface area (Å²) in [6.07, 6.45) is 3.91. The molecule has 1 aliphatic heterocycles. The highest BCUT2D eigenvalue weighted by Gasteiger charge is 2.38. The summed E-state index contributed by atoms with van der Waals surface area (Å²) in [5.74, 6) is 0.850. The molecule has 2 rings (SSSR count). The van der Waals surface area contributed by atoms with Crippen molar-refractivity contribution in [1.29, 1.82) is 0 Å². The molecule has 1 aliphatic rings. The number of carbonyl (C=O) groups is 1. The Balaban J connectivity index is 1.93. The number of aliphatic hydroxyl groups excluding tert-OH is 1. The number of ether oxygens (including phenoxy) is 2. The van der Waals surface area contributed by atoms with E-state index in [1.54, 1.807) is 0 Å². The summed E-state index contributed by atoms with van der Waals surface area (Å²) in [6.45, 7) is 7.35. The zero-order chi connectivity index (χ0) is 22.8. The molecular formula is C21H32N4O6. The first kappa shape index (κ1) is 24.5. The van der Waals surface area contributed by atoms with Gasteiger partial charge in [0.25, 0.3) is 11.6 Å². The highest BCUT2D eigenvalue weighted by molar-refractivity contribution is 5.91. The predicted octanol–water partition coefficient (Wildman–Crippen LogP) is 2.46. The highest BCUT2D eigenvalue weighted by Crippen LogP contribution is 2.36. The van der Waals surface area contributed by atoms with Gasteiger partial charge in [0.15, 0.2) is 5.76 Å². The molecule has 172 valence electrons. The van der Waals surface area contributed by atoms with Crippen molar-refractivity contribution in [3.63, 3.8) is 0 Å². The minimum Gasteiger partial charge on any atom is -0.459 e. The zero-order valence-corrected chi connectivity index (χ0v) is 18.2. The summed E-state index contributed by atoms with van der Waals surface area (Å²) in [5.41, 5.74) is -0.0823. The van der Waals surface area contributed by atoms with Gasteiger partial charge in [0, 0.05) is 38.3 Å². The Labute approximate surface area is 182 Å². The number of aromatic nitrogens is 1. The second kappa shape index (κ2) is 12.2. The minimum atomic E-state index is -0.530.